The van der Waals surface area contributed by atoms with Crippen LogP contribution in [0.25, 0.3) is 0 Å². The Morgan fingerprint density at radius 2 is 1.89 bits per heavy atom. The summed E-state index contributed by atoms with van der Waals surface area (Å²) >= 11 is 5.91. The molecule has 4 rings (SSSR count). The largest absolute Gasteiger partial charge is 0.490 e. The van der Waals surface area contributed by atoms with Crippen LogP contribution >= 0.6 is 11.6 Å². The molecule has 1 aromatic heterocycles. The lowest BCUT2D eigenvalue weighted by Gasteiger charge is -2.42. The smallest absolute Gasteiger partial charge is 0.272 e. The van der Waals surface area contributed by atoms with Gasteiger partial charge in [0.05, 0.1) is 24.6 Å². The van der Waals surface area contributed by atoms with E-state index in [-0.39, 0.29) is 49.5 Å². The molecule has 9 heteroatoms. The van der Waals surface area contributed by atoms with Crippen molar-refractivity contribution < 1.29 is 23.5 Å². The first-order valence-electron chi connectivity index (χ1n) is 11.5. The first kappa shape index (κ1) is 25.6. The number of pyridine rings is 1. The van der Waals surface area contributed by atoms with E-state index in [1.165, 1.54) is 30.5 Å². The highest BCUT2D eigenvalue weighted by Gasteiger charge is 2.42. The Labute approximate surface area is 214 Å². The van der Waals surface area contributed by atoms with Crippen molar-refractivity contribution in [3.8, 4) is 5.75 Å². The molecule has 36 heavy (non-hydrogen) atoms. The van der Waals surface area contributed by atoms with E-state index in [9.17, 15) is 14.0 Å². The molecule has 1 atom stereocenters. The first-order valence-corrected chi connectivity index (χ1v) is 11.9. The SMILES string of the molecule is CN(Cc1ccccc1)C(=O)C[C@@]1(COc2ccc(F)cc2)CN(C(=O)c2ccc(Cl)cn2)CCO1. The standard InChI is InChI=1S/C27H27ClFN3O4/c1-31(17-20-5-3-2-4-6-20)25(33)15-27(19-35-23-10-8-22(29)9-11-23)18-32(13-14-36-27)26(34)24-12-7-21(28)16-30-24/h2-12,16H,13-15,17-19H2,1H3/t27-/m0/s1. The summed E-state index contributed by atoms with van der Waals surface area (Å²) in [7, 11) is 1.73. The zero-order chi connectivity index (χ0) is 25.5. The Bertz CT molecular complexity index is 1180. The molecule has 1 fully saturated rings. The number of halogens is 2. The van der Waals surface area contributed by atoms with Crippen LogP contribution in [0.2, 0.25) is 5.02 Å². The predicted molar refractivity (Wildman–Crippen MR) is 133 cm³/mol. The van der Waals surface area contributed by atoms with Crippen LogP contribution in [0, 0.1) is 5.82 Å². The molecular weight excluding hydrogens is 485 g/mol. The lowest BCUT2D eigenvalue weighted by Crippen LogP contribution is -2.58. The maximum absolute atomic E-state index is 13.3. The minimum Gasteiger partial charge on any atom is -0.490 e. The molecule has 2 aromatic carbocycles. The maximum atomic E-state index is 13.3. The number of ether oxygens (including phenoxy) is 2. The van der Waals surface area contributed by atoms with Gasteiger partial charge in [0.1, 0.15) is 29.5 Å². The van der Waals surface area contributed by atoms with E-state index in [0.717, 1.165) is 5.56 Å². The Morgan fingerprint density at radius 3 is 2.58 bits per heavy atom. The number of carbonyl (C=O) groups is 2. The van der Waals surface area contributed by atoms with Crippen molar-refractivity contribution in [1.29, 1.82) is 0 Å². The minimum absolute atomic E-state index is 0.00136. The summed E-state index contributed by atoms with van der Waals surface area (Å²) in [5, 5.41) is 0.433. The van der Waals surface area contributed by atoms with Crippen LogP contribution in [0.15, 0.2) is 72.9 Å². The molecule has 0 unspecified atom stereocenters. The fourth-order valence-electron chi connectivity index (χ4n) is 4.03. The first-order chi connectivity index (χ1) is 17.3. The van der Waals surface area contributed by atoms with Gasteiger partial charge < -0.3 is 19.3 Å². The van der Waals surface area contributed by atoms with Gasteiger partial charge in [0.25, 0.3) is 5.91 Å². The quantitative estimate of drug-likeness (QED) is 0.453. The third-order valence-corrected chi connectivity index (χ3v) is 6.18. The molecule has 188 valence electrons. The fraction of sp³-hybridized carbons (Fsp3) is 0.296. The van der Waals surface area contributed by atoms with E-state index >= 15 is 0 Å². The van der Waals surface area contributed by atoms with Crippen molar-refractivity contribution in [2.45, 2.75) is 18.6 Å². The van der Waals surface area contributed by atoms with Crippen LogP contribution in [-0.4, -0.2) is 65.6 Å². The van der Waals surface area contributed by atoms with Gasteiger partial charge in [0.15, 0.2) is 0 Å². The van der Waals surface area contributed by atoms with Gasteiger partial charge in [-0.25, -0.2) is 9.37 Å². The number of hydrogen-bond acceptors (Lipinski definition) is 5. The number of hydrogen-bond donors (Lipinski definition) is 0. The predicted octanol–water partition coefficient (Wildman–Crippen LogP) is 4.21. The van der Waals surface area contributed by atoms with Gasteiger partial charge in [-0.15, -0.1) is 0 Å². The van der Waals surface area contributed by atoms with Crippen molar-refractivity contribution in [2.24, 2.45) is 0 Å². The summed E-state index contributed by atoms with van der Waals surface area (Å²) in [5.41, 5.74) is 0.152. The van der Waals surface area contributed by atoms with E-state index in [1.54, 1.807) is 29.0 Å². The molecule has 0 saturated carbocycles. The lowest BCUT2D eigenvalue weighted by atomic mass is 9.96. The zero-order valence-corrected chi connectivity index (χ0v) is 20.7. The molecule has 7 nitrogen and oxygen atoms in total. The molecule has 0 radical (unpaired) electrons. The van der Waals surface area contributed by atoms with Crippen molar-refractivity contribution in [1.82, 2.24) is 14.8 Å². The van der Waals surface area contributed by atoms with E-state index in [2.05, 4.69) is 4.98 Å². The maximum Gasteiger partial charge on any atom is 0.272 e. The number of benzene rings is 2. The van der Waals surface area contributed by atoms with Crippen LogP contribution in [0.3, 0.4) is 0 Å². The van der Waals surface area contributed by atoms with Gasteiger partial charge >= 0.3 is 0 Å². The highest BCUT2D eigenvalue weighted by atomic mass is 35.5. The van der Waals surface area contributed by atoms with Crippen LogP contribution in [0.1, 0.15) is 22.5 Å². The molecule has 1 saturated heterocycles. The molecule has 1 aliphatic rings. The van der Waals surface area contributed by atoms with Gasteiger partial charge in [0.2, 0.25) is 5.91 Å². The molecule has 0 spiro atoms. The summed E-state index contributed by atoms with van der Waals surface area (Å²) in [6.07, 6.45) is 1.41. The number of rotatable bonds is 8. The van der Waals surface area contributed by atoms with Crippen molar-refractivity contribution in [3.63, 3.8) is 0 Å². The Morgan fingerprint density at radius 1 is 1.14 bits per heavy atom. The third kappa shape index (κ3) is 6.59. The van der Waals surface area contributed by atoms with Crippen LogP contribution in [0.4, 0.5) is 4.39 Å². The monoisotopic (exact) mass is 511 g/mol. The molecule has 0 N–H and O–H groups in total. The number of carbonyl (C=O) groups excluding carboxylic acids is 2. The molecule has 0 aliphatic carbocycles. The molecular formula is C27H27ClFN3O4. The highest BCUT2D eigenvalue weighted by molar-refractivity contribution is 6.30. The van der Waals surface area contributed by atoms with Gasteiger partial charge in [-0.3, -0.25) is 9.59 Å². The second kappa shape index (κ2) is 11.5. The summed E-state index contributed by atoms with van der Waals surface area (Å²) in [6, 6.07) is 18.5. The van der Waals surface area contributed by atoms with Gasteiger partial charge in [-0.1, -0.05) is 41.9 Å². The summed E-state index contributed by atoms with van der Waals surface area (Å²) in [4.78, 5) is 33.8. The zero-order valence-electron chi connectivity index (χ0n) is 19.9. The molecule has 0 bridgehead atoms. The number of morpholine rings is 1. The second-order valence-corrected chi connectivity index (χ2v) is 9.21. The lowest BCUT2D eigenvalue weighted by molar-refractivity contribution is -0.152. The molecule has 3 aromatic rings. The fourth-order valence-corrected chi connectivity index (χ4v) is 4.14. The topological polar surface area (TPSA) is 72.0 Å². The highest BCUT2D eigenvalue weighted by Crippen LogP contribution is 2.27. The second-order valence-electron chi connectivity index (χ2n) is 8.77. The van der Waals surface area contributed by atoms with Gasteiger partial charge in [-0.2, -0.15) is 0 Å². The van der Waals surface area contributed by atoms with E-state index < -0.39 is 5.60 Å². The van der Waals surface area contributed by atoms with Crippen LogP contribution < -0.4 is 4.74 Å². The summed E-state index contributed by atoms with van der Waals surface area (Å²) < 4.78 is 25.4. The normalized spacial score (nSPS) is 17.5. The van der Waals surface area contributed by atoms with Crippen LogP contribution in [-0.2, 0) is 16.1 Å². The summed E-state index contributed by atoms with van der Waals surface area (Å²) in [6.45, 7) is 1.13. The van der Waals surface area contributed by atoms with Crippen molar-refractivity contribution >= 4 is 23.4 Å². The average Bonchev–Trinajstić information content (AvgIpc) is 2.89. The Balaban J connectivity index is 1.52. The average molecular weight is 512 g/mol. The van der Waals surface area contributed by atoms with Gasteiger partial charge in [-0.05, 0) is 42.0 Å². The molecule has 2 amide bonds. The van der Waals surface area contributed by atoms with Crippen LogP contribution in [0.5, 0.6) is 5.75 Å². The minimum atomic E-state index is -1.10. The number of aromatic nitrogens is 1. The molecule has 2 heterocycles. The van der Waals surface area contributed by atoms with Gasteiger partial charge in [0, 0.05) is 26.3 Å². The van der Waals surface area contributed by atoms with E-state index in [1.807, 2.05) is 30.3 Å². The Hall–Kier alpha value is -3.49. The summed E-state index contributed by atoms with van der Waals surface area (Å²) in [5.74, 6) is -0.380. The number of amides is 2. The number of nitrogens with zero attached hydrogens (tertiary/aromatic N) is 3. The third-order valence-electron chi connectivity index (χ3n) is 5.96. The van der Waals surface area contributed by atoms with E-state index in [4.69, 9.17) is 21.1 Å². The van der Waals surface area contributed by atoms with Crippen molar-refractivity contribution in [2.75, 3.05) is 33.4 Å². The van der Waals surface area contributed by atoms with Crippen molar-refractivity contribution in [3.05, 3.63) is 95.0 Å². The Kier molecular flexibility index (Phi) is 8.18. The molecule has 1 aliphatic heterocycles. The van der Waals surface area contributed by atoms with E-state index in [0.29, 0.717) is 23.9 Å².